The van der Waals surface area contributed by atoms with Gasteiger partial charge >= 0.3 is 0 Å². The van der Waals surface area contributed by atoms with E-state index in [1.165, 1.54) is 43.5 Å². The Labute approximate surface area is 121 Å². The van der Waals surface area contributed by atoms with Crippen molar-refractivity contribution < 1.29 is 0 Å². The molecule has 2 rings (SSSR count). The number of likely N-dealkylation sites (N-methyl/N-ethyl adjacent to an activating group) is 1. The Morgan fingerprint density at radius 3 is 2.42 bits per heavy atom. The molecule has 1 fully saturated rings. The van der Waals surface area contributed by atoms with E-state index in [1.54, 1.807) is 11.3 Å². The number of hydrogen-bond donors (Lipinski definition) is 1. The van der Waals surface area contributed by atoms with Gasteiger partial charge in [0.25, 0.3) is 0 Å². The summed E-state index contributed by atoms with van der Waals surface area (Å²) < 4.78 is 0. The number of thiazole rings is 1. The largest absolute Gasteiger partial charge is 0.326 e. The van der Waals surface area contributed by atoms with Gasteiger partial charge in [-0.2, -0.15) is 0 Å². The molecule has 19 heavy (non-hydrogen) atoms. The molecule has 1 aromatic rings. The average molecular weight is 281 g/mol. The SMILES string of the molecule is Cc1csc(CC(N)C2(N(C)C)CCCCCC2)n1. The van der Waals surface area contributed by atoms with Crippen molar-refractivity contribution in [1.82, 2.24) is 9.88 Å². The zero-order chi connectivity index (χ0) is 13.9. The van der Waals surface area contributed by atoms with Gasteiger partial charge in [0, 0.05) is 29.1 Å². The first-order valence-electron chi connectivity index (χ1n) is 7.38. The zero-order valence-corrected chi connectivity index (χ0v) is 13.3. The van der Waals surface area contributed by atoms with Gasteiger partial charge in [-0.05, 0) is 33.9 Å². The lowest BCUT2D eigenvalue weighted by Gasteiger charge is -2.44. The lowest BCUT2D eigenvalue weighted by atomic mass is 9.80. The molecule has 1 heterocycles. The van der Waals surface area contributed by atoms with Crippen molar-refractivity contribution in [1.29, 1.82) is 0 Å². The van der Waals surface area contributed by atoms with E-state index in [1.807, 2.05) is 0 Å². The normalized spacial score (nSPS) is 21.3. The first kappa shape index (κ1) is 14.9. The second-order valence-electron chi connectivity index (χ2n) is 6.11. The summed E-state index contributed by atoms with van der Waals surface area (Å²) in [7, 11) is 4.39. The summed E-state index contributed by atoms with van der Waals surface area (Å²) in [6, 6.07) is 0.186. The van der Waals surface area contributed by atoms with Crippen LogP contribution < -0.4 is 5.73 Å². The highest BCUT2D eigenvalue weighted by molar-refractivity contribution is 7.09. The monoisotopic (exact) mass is 281 g/mol. The summed E-state index contributed by atoms with van der Waals surface area (Å²) >= 11 is 1.75. The van der Waals surface area contributed by atoms with Gasteiger partial charge < -0.3 is 10.6 Å². The van der Waals surface area contributed by atoms with Crippen LogP contribution in [0.5, 0.6) is 0 Å². The molecule has 0 radical (unpaired) electrons. The fourth-order valence-electron chi connectivity index (χ4n) is 3.37. The van der Waals surface area contributed by atoms with Crippen LogP contribution in [0.4, 0.5) is 0 Å². The predicted molar refractivity (Wildman–Crippen MR) is 82.7 cm³/mol. The number of nitrogens with two attached hydrogens (primary N) is 1. The molecular weight excluding hydrogens is 254 g/mol. The summed E-state index contributed by atoms with van der Waals surface area (Å²) in [6.07, 6.45) is 8.70. The van der Waals surface area contributed by atoms with Crippen LogP contribution in [0.15, 0.2) is 5.38 Å². The third-order valence-electron chi connectivity index (χ3n) is 4.61. The van der Waals surface area contributed by atoms with Crippen LogP contribution in [-0.2, 0) is 6.42 Å². The molecule has 3 nitrogen and oxygen atoms in total. The van der Waals surface area contributed by atoms with Gasteiger partial charge in [0.15, 0.2) is 0 Å². The molecule has 1 atom stereocenters. The Morgan fingerprint density at radius 1 is 1.32 bits per heavy atom. The predicted octanol–water partition coefficient (Wildman–Crippen LogP) is 2.98. The van der Waals surface area contributed by atoms with Crippen molar-refractivity contribution in [3.05, 3.63) is 16.1 Å². The Bertz CT molecular complexity index is 392. The maximum atomic E-state index is 6.62. The molecular formula is C15H27N3S. The number of hydrogen-bond acceptors (Lipinski definition) is 4. The van der Waals surface area contributed by atoms with Crippen molar-refractivity contribution in [2.75, 3.05) is 14.1 Å². The maximum Gasteiger partial charge on any atom is 0.0944 e. The van der Waals surface area contributed by atoms with Crippen LogP contribution in [0.1, 0.15) is 49.2 Å². The molecule has 108 valence electrons. The van der Waals surface area contributed by atoms with Crippen LogP contribution in [-0.4, -0.2) is 35.6 Å². The van der Waals surface area contributed by atoms with Gasteiger partial charge in [0.1, 0.15) is 0 Å². The molecule has 0 bridgehead atoms. The lowest BCUT2D eigenvalue weighted by Crippen LogP contribution is -2.58. The highest BCUT2D eigenvalue weighted by Gasteiger charge is 2.39. The van der Waals surface area contributed by atoms with Crippen molar-refractivity contribution in [3.63, 3.8) is 0 Å². The number of aryl methyl sites for hydroxylation is 1. The van der Waals surface area contributed by atoms with E-state index in [2.05, 4.69) is 36.3 Å². The van der Waals surface area contributed by atoms with Crippen LogP contribution >= 0.6 is 11.3 Å². The molecule has 4 heteroatoms. The average Bonchev–Trinajstić information content (AvgIpc) is 2.65. The standard InChI is InChI=1S/C15H27N3S/c1-12-11-19-14(17-12)10-13(16)15(18(2)3)8-6-4-5-7-9-15/h11,13H,4-10,16H2,1-3H3. The molecule has 0 saturated heterocycles. The second kappa shape index (κ2) is 6.33. The molecule has 1 saturated carbocycles. The van der Waals surface area contributed by atoms with Gasteiger partial charge in [0.2, 0.25) is 0 Å². The van der Waals surface area contributed by atoms with Gasteiger partial charge in [-0.15, -0.1) is 11.3 Å². The summed E-state index contributed by atoms with van der Waals surface area (Å²) in [6.45, 7) is 2.05. The van der Waals surface area contributed by atoms with E-state index in [4.69, 9.17) is 5.73 Å². The maximum absolute atomic E-state index is 6.62. The minimum Gasteiger partial charge on any atom is -0.326 e. The molecule has 1 aliphatic rings. The van der Waals surface area contributed by atoms with E-state index in [0.29, 0.717) is 0 Å². The molecule has 0 aliphatic heterocycles. The first-order valence-corrected chi connectivity index (χ1v) is 8.26. The Hall–Kier alpha value is -0.450. The smallest absolute Gasteiger partial charge is 0.0944 e. The lowest BCUT2D eigenvalue weighted by molar-refractivity contribution is 0.0967. The third kappa shape index (κ3) is 3.36. The Kier molecular flexibility index (Phi) is 4.98. The summed E-state index contributed by atoms with van der Waals surface area (Å²) in [5, 5.41) is 3.31. The number of aromatic nitrogens is 1. The summed E-state index contributed by atoms with van der Waals surface area (Å²) in [5.74, 6) is 0. The molecule has 1 aliphatic carbocycles. The van der Waals surface area contributed by atoms with Crippen LogP contribution in [0, 0.1) is 6.92 Å². The number of rotatable bonds is 4. The highest BCUT2D eigenvalue weighted by Crippen LogP contribution is 2.34. The van der Waals surface area contributed by atoms with Crippen molar-refractivity contribution >= 4 is 11.3 Å². The minimum atomic E-state index is 0.163. The summed E-state index contributed by atoms with van der Waals surface area (Å²) in [5.41, 5.74) is 7.90. The van der Waals surface area contributed by atoms with Crippen LogP contribution in [0.2, 0.25) is 0 Å². The fourth-order valence-corrected chi connectivity index (χ4v) is 4.20. The van der Waals surface area contributed by atoms with E-state index in [-0.39, 0.29) is 11.6 Å². The van der Waals surface area contributed by atoms with E-state index >= 15 is 0 Å². The van der Waals surface area contributed by atoms with Gasteiger partial charge in [-0.3, -0.25) is 0 Å². The van der Waals surface area contributed by atoms with Crippen molar-refractivity contribution in [2.24, 2.45) is 5.73 Å². The zero-order valence-electron chi connectivity index (χ0n) is 12.5. The van der Waals surface area contributed by atoms with E-state index < -0.39 is 0 Å². The van der Waals surface area contributed by atoms with E-state index in [9.17, 15) is 0 Å². The summed E-state index contributed by atoms with van der Waals surface area (Å²) in [4.78, 5) is 6.96. The highest BCUT2D eigenvalue weighted by atomic mass is 32.1. The molecule has 0 spiro atoms. The minimum absolute atomic E-state index is 0.163. The molecule has 0 aromatic carbocycles. The topological polar surface area (TPSA) is 42.1 Å². The Balaban J connectivity index is 2.13. The molecule has 1 aromatic heterocycles. The Morgan fingerprint density at radius 2 is 1.95 bits per heavy atom. The van der Waals surface area contributed by atoms with E-state index in [0.717, 1.165) is 12.1 Å². The van der Waals surface area contributed by atoms with Crippen molar-refractivity contribution in [2.45, 2.75) is 63.5 Å². The van der Waals surface area contributed by atoms with Gasteiger partial charge in [-0.25, -0.2) is 4.98 Å². The quantitative estimate of drug-likeness (QED) is 0.863. The molecule has 2 N–H and O–H groups in total. The van der Waals surface area contributed by atoms with Crippen LogP contribution in [0.3, 0.4) is 0 Å². The van der Waals surface area contributed by atoms with Crippen molar-refractivity contribution in [3.8, 4) is 0 Å². The second-order valence-corrected chi connectivity index (χ2v) is 7.05. The first-order chi connectivity index (χ1) is 9.04. The third-order valence-corrected chi connectivity index (χ3v) is 5.60. The molecule has 0 amide bonds. The van der Waals surface area contributed by atoms with Gasteiger partial charge in [-0.1, -0.05) is 25.7 Å². The van der Waals surface area contributed by atoms with Gasteiger partial charge in [0.05, 0.1) is 5.01 Å². The fraction of sp³-hybridized carbons (Fsp3) is 0.800. The molecule has 1 unspecified atom stereocenters. The number of nitrogens with zero attached hydrogens (tertiary/aromatic N) is 2. The van der Waals surface area contributed by atoms with Crippen LogP contribution in [0.25, 0.3) is 0 Å².